The van der Waals surface area contributed by atoms with Crippen LogP contribution in [0, 0.1) is 19.8 Å². The number of hydrogen-bond donors (Lipinski definition) is 1. The van der Waals surface area contributed by atoms with Crippen molar-refractivity contribution in [2.24, 2.45) is 5.92 Å². The van der Waals surface area contributed by atoms with Gasteiger partial charge in [0, 0.05) is 6.04 Å². The average molecular weight is 231 g/mol. The molecule has 1 fully saturated rings. The highest BCUT2D eigenvalue weighted by atomic mass is 14.9. The molecule has 1 nitrogen and oxygen atoms in total. The van der Waals surface area contributed by atoms with Crippen LogP contribution in [0.3, 0.4) is 0 Å². The second-order valence-corrected chi connectivity index (χ2v) is 5.74. The molecule has 1 saturated carbocycles. The molecule has 1 unspecified atom stereocenters. The van der Waals surface area contributed by atoms with Gasteiger partial charge in [-0.25, -0.2) is 0 Å². The summed E-state index contributed by atoms with van der Waals surface area (Å²) in [6.07, 6.45) is 5.30. The number of nitrogens with one attached hydrogen (secondary N) is 1. The maximum absolute atomic E-state index is 3.61. The second-order valence-electron chi connectivity index (χ2n) is 5.74. The van der Waals surface area contributed by atoms with Crippen LogP contribution in [-0.2, 0) is 6.42 Å². The molecule has 0 aromatic heterocycles. The Morgan fingerprint density at radius 2 is 2.00 bits per heavy atom. The van der Waals surface area contributed by atoms with Crippen LogP contribution in [0.15, 0.2) is 18.2 Å². The van der Waals surface area contributed by atoms with Gasteiger partial charge in [-0.1, -0.05) is 25.1 Å². The van der Waals surface area contributed by atoms with Gasteiger partial charge in [0.1, 0.15) is 0 Å². The highest BCUT2D eigenvalue weighted by molar-refractivity contribution is 5.29. The van der Waals surface area contributed by atoms with Crippen LogP contribution < -0.4 is 5.32 Å². The zero-order valence-corrected chi connectivity index (χ0v) is 11.4. The van der Waals surface area contributed by atoms with E-state index in [4.69, 9.17) is 0 Å². The topological polar surface area (TPSA) is 12.0 Å². The van der Waals surface area contributed by atoms with E-state index < -0.39 is 0 Å². The fraction of sp³-hybridized carbons (Fsp3) is 0.625. The van der Waals surface area contributed by atoms with Crippen molar-refractivity contribution in [1.82, 2.24) is 5.32 Å². The lowest BCUT2D eigenvalue weighted by Gasteiger charge is -2.12. The Balaban J connectivity index is 1.73. The van der Waals surface area contributed by atoms with Crippen molar-refractivity contribution in [3.05, 3.63) is 34.9 Å². The number of aryl methyl sites for hydroxylation is 3. The summed E-state index contributed by atoms with van der Waals surface area (Å²) in [5.74, 6) is 0.789. The van der Waals surface area contributed by atoms with Crippen LogP contribution in [0.4, 0.5) is 0 Å². The van der Waals surface area contributed by atoms with Gasteiger partial charge in [-0.15, -0.1) is 0 Å². The maximum Gasteiger partial charge on any atom is 0.00683 e. The minimum absolute atomic E-state index is 0.789. The van der Waals surface area contributed by atoms with E-state index >= 15 is 0 Å². The Bertz CT molecular complexity index is 366. The summed E-state index contributed by atoms with van der Waals surface area (Å²) < 4.78 is 0. The summed E-state index contributed by atoms with van der Waals surface area (Å²) in [7, 11) is 0. The molecule has 0 spiro atoms. The Labute approximate surface area is 106 Å². The molecule has 1 aromatic carbocycles. The van der Waals surface area contributed by atoms with Crippen LogP contribution in [-0.4, -0.2) is 12.6 Å². The summed E-state index contributed by atoms with van der Waals surface area (Å²) in [5, 5.41) is 3.61. The number of benzene rings is 1. The average Bonchev–Trinajstić information content (AvgIpc) is 3.12. The van der Waals surface area contributed by atoms with Gasteiger partial charge in [-0.3, -0.25) is 0 Å². The SMILES string of the molecule is Cc1ccc(CCC(C)CNC2CC2)cc1C. The Morgan fingerprint density at radius 3 is 2.65 bits per heavy atom. The summed E-state index contributed by atoms with van der Waals surface area (Å²) in [5.41, 5.74) is 4.31. The highest BCUT2D eigenvalue weighted by Crippen LogP contribution is 2.19. The first kappa shape index (κ1) is 12.6. The van der Waals surface area contributed by atoms with E-state index in [0.29, 0.717) is 0 Å². The van der Waals surface area contributed by atoms with Gasteiger partial charge in [0.05, 0.1) is 0 Å². The van der Waals surface area contributed by atoms with Crippen molar-refractivity contribution in [1.29, 1.82) is 0 Å². The summed E-state index contributed by atoms with van der Waals surface area (Å²) in [6, 6.07) is 7.72. The highest BCUT2D eigenvalue weighted by Gasteiger charge is 2.20. The molecule has 0 heterocycles. The quantitative estimate of drug-likeness (QED) is 0.788. The first-order valence-corrected chi connectivity index (χ1v) is 6.94. The van der Waals surface area contributed by atoms with Crippen molar-refractivity contribution in [3.8, 4) is 0 Å². The summed E-state index contributed by atoms with van der Waals surface area (Å²) >= 11 is 0. The molecule has 1 aliphatic carbocycles. The molecule has 0 aliphatic heterocycles. The van der Waals surface area contributed by atoms with Crippen LogP contribution in [0.25, 0.3) is 0 Å². The largest absolute Gasteiger partial charge is 0.314 e. The third kappa shape index (κ3) is 4.16. The molecule has 0 amide bonds. The van der Waals surface area contributed by atoms with Gasteiger partial charge in [-0.2, -0.15) is 0 Å². The molecule has 0 saturated heterocycles. The molecule has 1 heteroatoms. The summed E-state index contributed by atoms with van der Waals surface area (Å²) in [4.78, 5) is 0. The van der Waals surface area contributed by atoms with Crippen LogP contribution in [0.2, 0.25) is 0 Å². The molecular weight excluding hydrogens is 206 g/mol. The van der Waals surface area contributed by atoms with E-state index in [-0.39, 0.29) is 0 Å². The van der Waals surface area contributed by atoms with E-state index in [1.165, 1.54) is 48.9 Å². The molecule has 0 bridgehead atoms. The van der Waals surface area contributed by atoms with E-state index in [1.807, 2.05) is 0 Å². The zero-order valence-electron chi connectivity index (χ0n) is 11.4. The van der Waals surface area contributed by atoms with E-state index in [1.54, 1.807) is 0 Å². The monoisotopic (exact) mass is 231 g/mol. The molecule has 1 N–H and O–H groups in total. The Hall–Kier alpha value is -0.820. The number of rotatable bonds is 6. The molecule has 1 aliphatic rings. The van der Waals surface area contributed by atoms with E-state index in [9.17, 15) is 0 Å². The molecule has 0 radical (unpaired) electrons. The lowest BCUT2D eigenvalue weighted by molar-refractivity contribution is 0.480. The molecule has 17 heavy (non-hydrogen) atoms. The lowest BCUT2D eigenvalue weighted by Crippen LogP contribution is -2.23. The molecule has 2 rings (SSSR count). The molecular formula is C16H25N. The van der Waals surface area contributed by atoms with E-state index in [2.05, 4.69) is 44.3 Å². The minimum Gasteiger partial charge on any atom is -0.314 e. The fourth-order valence-corrected chi connectivity index (χ4v) is 2.13. The third-order valence-electron chi connectivity index (χ3n) is 3.83. The van der Waals surface area contributed by atoms with Crippen LogP contribution in [0.1, 0.15) is 42.9 Å². The standard InChI is InChI=1S/C16H25N/c1-12(11-17-16-8-9-16)4-6-15-7-5-13(2)14(3)10-15/h5,7,10,12,16-17H,4,6,8-9,11H2,1-3H3. The van der Waals surface area contributed by atoms with Gasteiger partial charge in [0.2, 0.25) is 0 Å². The summed E-state index contributed by atoms with van der Waals surface area (Å²) in [6.45, 7) is 7.93. The second kappa shape index (κ2) is 5.68. The van der Waals surface area contributed by atoms with Crippen LogP contribution in [0.5, 0.6) is 0 Å². The Kier molecular flexibility index (Phi) is 4.22. The molecule has 1 atom stereocenters. The van der Waals surface area contributed by atoms with Crippen molar-refractivity contribution < 1.29 is 0 Å². The van der Waals surface area contributed by atoms with Crippen molar-refractivity contribution in [2.75, 3.05) is 6.54 Å². The van der Waals surface area contributed by atoms with Gasteiger partial charge < -0.3 is 5.32 Å². The number of hydrogen-bond acceptors (Lipinski definition) is 1. The first-order valence-electron chi connectivity index (χ1n) is 6.94. The van der Waals surface area contributed by atoms with Gasteiger partial charge in [0.15, 0.2) is 0 Å². The maximum atomic E-state index is 3.61. The van der Waals surface area contributed by atoms with Crippen molar-refractivity contribution >= 4 is 0 Å². The van der Waals surface area contributed by atoms with Gasteiger partial charge >= 0.3 is 0 Å². The van der Waals surface area contributed by atoms with E-state index in [0.717, 1.165) is 12.0 Å². The predicted molar refractivity (Wildman–Crippen MR) is 74.4 cm³/mol. The minimum atomic E-state index is 0.789. The van der Waals surface area contributed by atoms with Crippen molar-refractivity contribution in [2.45, 2.75) is 52.5 Å². The Morgan fingerprint density at radius 1 is 1.24 bits per heavy atom. The van der Waals surface area contributed by atoms with Crippen LogP contribution >= 0.6 is 0 Å². The third-order valence-corrected chi connectivity index (χ3v) is 3.83. The molecule has 1 aromatic rings. The van der Waals surface area contributed by atoms with Crippen molar-refractivity contribution in [3.63, 3.8) is 0 Å². The predicted octanol–water partition coefficient (Wildman–Crippen LogP) is 3.62. The molecule has 94 valence electrons. The van der Waals surface area contributed by atoms with Gasteiger partial charge in [0.25, 0.3) is 0 Å². The lowest BCUT2D eigenvalue weighted by atomic mass is 9.98. The normalized spacial score (nSPS) is 17.1. The smallest absolute Gasteiger partial charge is 0.00683 e. The zero-order chi connectivity index (χ0) is 12.3. The first-order chi connectivity index (χ1) is 8.15. The fourth-order valence-electron chi connectivity index (χ4n) is 2.13. The van der Waals surface area contributed by atoms with Gasteiger partial charge in [-0.05, 0) is 68.7 Å².